The van der Waals surface area contributed by atoms with Crippen LogP contribution in [-0.4, -0.2) is 40.9 Å². The number of hydrogen-bond acceptors (Lipinski definition) is 2. The Morgan fingerprint density at radius 2 is 1.92 bits per heavy atom. The number of rotatable bonds is 6. The lowest BCUT2D eigenvalue weighted by atomic mass is 10.1. The van der Waals surface area contributed by atoms with E-state index in [4.69, 9.17) is 11.6 Å². The Kier molecular flexibility index (Phi) is 7.55. The molecule has 2 atom stereocenters. The van der Waals surface area contributed by atoms with Gasteiger partial charge in [-0.1, -0.05) is 11.6 Å². The average Bonchev–Trinajstić information content (AvgIpc) is 2.49. The number of halogens is 7. The Balaban J connectivity index is 2.90. The van der Waals surface area contributed by atoms with Crippen LogP contribution >= 0.6 is 11.6 Å². The minimum atomic E-state index is -5.00. The van der Waals surface area contributed by atoms with Gasteiger partial charge in [0.25, 0.3) is 0 Å². The molecule has 1 aromatic rings. The molecule has 0 aliphatic carbocycles. The van der Waals surface area contributed by atoms with Crippen LogP contribution in [0.2, 0.25) is 5.15 Å². The van der Waals surface area contributed by atoms with Crippen molar-refractivity contribution in [1.82, 2.24) is 15.2 Å². The maximum atomic E-state index is 13.0. The van der Waals surface area contributed by atoms with Crippen LogP contribution in [0.3, 0.4) is 0 Å². The molecule has 0 spiro atoms. The highest BCUT2D eigenvalue weighted by Gasteiger charge is 2.43. The lowest BCUT2D eigenvalue weighted by Gasteiger charge is -2.31. The van der Waals surface area contributed by atoms with Gasteiger partial charge in [-0.05, 0) is 38.0 Å². The van der Waals surface area contributed by atoms with E-state index in [-0.39, 0.29) is 11.7 Å². The number of hydrogen-bond donors (Lipinski definition) is 1. The molecule has 148 valence electrons. The monoisotopic (exact) mass is 405 g/mol. The van der Waals surface area contributed by atoms with Crippen LogP contribution in [0, 0.1) is 0 Å². The zero-order chi connectivity index (χ0) is 20.1. The van der Waals surface area contributed by atoms with Crippen LogP contribution in [0.25, 0.3) is 0 Å². The number of nitrogens with zero attached hydrogens (tertiary/aromatic N) is 2. The van der Waals surface area contributed by atoms with E-state index in [1.165, 1.54) is 25.3 Å². The fourth-order valence-electron chi connectivity index (χ4n) is 2.31. The molecule has 4 nitrogen and oxygen atoms in total. The summed E-state index contributed by atoms with van der Waals surface area (Å²) in [6.07, 6.45) is -11.3. The minimum absolute atomic E-state index is 0.0385. The first-order chi connectivity index (χ1) is 11.8. The number of carbonyl (C=O) groups excluding carboxylic acids is 1. The fraction of sp³-hybridized carbons (Fsp3) is 0.600. The summed E-state index contributed by atoms with van der Waals surface area (Å²) < 4.78 is 75.7. The number of nitrogens with one attached hydrogen (secondary N) is 1. The third-order valence-corrected chi connectivity index (χ3v) is 3.92. The maximum absolute atomic E-state index is 13.0. The third kappa shape index (κ3) is 6.89. The summed E-state index contributed by atoms with van der Waals surface area (Å²) in [5.41, 5.74) is 0.529. The lowest BCUT2D eigenvalue weighted by Crippen LogP contribution is -2.51. The second-order valence-electron chi connectivity index (χ2n) is 5.57. The minimum Gasteiger partial charge on any atom is -0.326 e. The molecule has 1 heterocycles. The molecule has 26 heavy (non-hydrogen) atoms. The number of amides is 2. The average molecular weight is 406 g/mol. The molecule has 1 N–H and O–H groups in total. The molecular weight excluding hydrogens is 388 g/mol. The summed E-state index contributed by atoms with van der Waals surface area (Å²) in [6.45, 7) is 3.14. The summed E-state index contributed by atoms with van der Waals surface area (Å²) in [6, 6.07) is -1.38. The molecule has 0 radical (unpaired) electrons. The number of pyridine rings is 1. The Morgan fingerprint density at radius 1 is 1.31 bits per heavy atom. The van der Waals surface area contributed by atoms with E-state index in [0.29, 0.717) is 5.56 Å². The van der Waals surface area contributed by atoms with Crippen LogP contribution in [-0.2, 0) is 0 Å². The summed E-state index contributed by atoms with van der Waals surface area (Å²) in [5.74, 6) is 0. The van der Waals surface area contributed by atoms with E-state index in [9.17, 15) is 31.1 Å². The molecule has 1 rings (SSSR count). The molecule has 0 saturated carbocycles. The van der Waals surface area contributed by atoms with Crippen molar-refractivity contribution >= 4 is 17.6 Å². The molecule has 0 saturated heterocycles. The predicted molar refractivity (Wildman–Crippen MR) is 83.7 cm³/mol. The number of alkyl halides is 6. The molecule has 11 heteroatoms. The van der Waals surface area contributed by atoms with Crippen molar-refractivity contribution in [3.8, 4) is 0 Å². The maximum Gasteiger partial charge on any atom is 0.408 e. The standard InChI is InChI=1S/C15H18ClF6N3O/c1-3-25(9(2)10-5-7-23-12(16)8-10)13(26)24-11(15(20,21)22)4-6-14(17,18)19/h5,7-9,11H,3-4,6H2,1-2H3,(H,24,26). The Hall–Kier alpha value is -1.71. The second kappa shape index (κ2) is 8.79. The van der Waals surface area contributed by atoms with E-state index < -0.39 is 43.3 Å². The highest BCUT2D eigenvalue weighted by atomic mass is 35.5. The molecule has 0 aliphatic rings. The van der Waals surface area contributed by atoms with Crippen LogP contribution in [0.5, 0.6) is 0 Å². The molecule has 2 unspecified atom stereocenters. The van der Waals surface area contributed by atoms with Crippen molar-refractivity contribution in [2.75, 3.05) is 6.54 Å². The van der Waals surface area contributed by atoms with Gasteiger partial charge in [0.05, 0.1) is 6.04 Å². The van der Waals surface area contributed by atoms with Gasteiger partial charge in [0.2, 0.25) is 0 Å². The van der Waals surface area contributed by atoms with Gasteiger partial charge in [-0.15, -0.1) is 0 Å². The van der Waals surface area contributed by atoms with Crippen molar-refractivity contribution in [1.29, 1.82) is 0 Å². The third-order valence-electron chi connectivity index (χ3n) is 3.71. The van der Waals surface area contributed by atoms with Crippen molar-refractivity contribution in [3.63, 3.8) is 0 Å². The number of carbonyl (C=O) groups is 1. The normalized spacial score (nSPS) is 14.7. The summed E-state index contributed by atoms with van der Waals surface area (Å²) in [5, 5.41) is 1.80. The van der Waals surface area contributed by atoms with Crippen molar-refractivity contribution in [2.45, 2.75) is 51.1 Å². The van der Waals surface area contributed by atoms with Gasteiger partial charge in [-0.3, -0.25) is 0 Å². The Morgan fingerprint density at radius 3 is 2.38 bits per heavy atom. The van der Waals surface area contributed by atoms with E-state index in [1.54, 1.807) is 12.2 Å². The van der Waals surface area contributed by atoms with Crippen LogP contribution < -0.4 is 5.32 Å². The molecule has 0 aromatic carbocycles. The van der Waals surface area contributed by atoms with Crippen LogP contribution in [0.4, 0.5) is 31.1 Å². The van der Waals surface area contributed by atoms with Gasteiger partial charge in [-0.2, -0.15) is 26.3 Å². The lowest BCUT2D eigenvalue weighted by molar-refractivity contribution is -0.171. The summed E-state index contributed by atoms with van der Waals surface area (Å²) in [4.78, 5) is 17.1. The van der Waals surface area contributed by atoms with Crippen LogP contribution in [0.15, 0.2) is 18.3 Å². The Labute approximate surface area is 151 Å². The van der Waals surface area contributed by atoms with Gasteiger partial charge in [0.15, 0.2) is 0 Å². The summed E-state index contributed by atoms with van der Waals surface area (Å²) in [7, 11) is 0. The van der Waals surface area contributed by atoms with Gasteiger partial charge in [-0.25, -0.2) is 9.78 Å². The van der Waals surface area contributed by atoms with Gasteiger partial charge >= 0.3 is 18.4 Å². The zero-order valence-electron chi connectivity index (χ0n) is 14.0. The first kappa shape index (κ1) is 22.3. The Bertz CT molecular complexity index is 608. The van der Waals surface area contributed by atoms with E-state index >= 15 is 0 Å². The molecule has 1 aromatic heterocycles. The molecule has 0 fully saturated rings. The van der Waals surface area contributed by atoms with Crippen molar-refractivity contribution in [2.24, 2.45) is 0 Å². The van der Waals surface area contributed by atoms with E-state index in [2.05, 4.69) is 4.98 Å². The quantitative estimate of drug-likeness (QED) is 0.528. The van der Waals surface area contributed by atoms with Crippen molar-refractivity contribution < 1.29 is 31.1 Å². The number of aromatic nitrogens is 1. The van der Waals surface area contributed by atoms with Crippen LogP contribution in [0.1, 0.15) is 38.3 Å². The van der Waals surface area contributed by atoms with E-state index in [1.807, 2.05) is 0 Å². The highest BCUT2D eigenvalue weighted by molar-refractivity contribution is 6.29. The fourth-order valence-corrected chi connectivity index (χ4v) is 2.49. The van der Waals surface area contributed by atoms with Gasteiger partial charge in [0, 0.05) is 19.2 Å². The van der Waals surface area contributed by atoms with Gasteiger partial charge in [0.1, 0.15) is 11.2 Å². The molecular formula is C15H18ClF6N3O. The molecule has 2 amide bonds. The topological polar surface area (TPSA) is 45.2 Å². The summed E-state index contributed by atoms with van der Waals surface area (Å²) >= 11 is 5.76. The van der Waals surface area contributed by atoms with Gasteiger partial charge < -0.3 is 10.2 Å². The van der Waals surface area contributed by atoms with Crippen molar-refractivity contribution in [3.05, 3.63) is 29.0 Å². The smallest absolute Gasteiger partial charge is 0.326 e. The highest BCUT2D eigenvalue weighted by Crippen LogP contribution is 2.29. The predicted octanol–water partition coefficient (Wildman–Crippen LogP) is 5.10. The molecule has 0 bridgehead atoms. The SMILES string of the molecule is CCN(C(=O)NC(CCC(F)(F)F)C(F)(F)F)C(C)c1ccnc(Cl)c1. The zero-order valence-corrected chi connectivity index (χ0v) is 14.7. The number of urea groups is 1. The second-order valence-corrected chi connectivity index (χ2v) is 5.96. The van der Waals surface area contributed by atoms with E-state index in [0.717, 1.165) is 4.90 Å². The first-order valence-electron chi connectivity index (χ1n) is 7.67. The largest absolute Gasteiger partial charge is 0.408 e. The first-order valence-corrected chi connectivity index (χ1v) is 8.05. The molecule has 0 aliphatic heterocycles.